The van der Waals surface area contributed by atoms with E-state index in [1.807, 2.05) is 13.0 Å². The second kappa shape index (κ2) is 6.31. The summed E-state index contributed by atoms with van der Waals surface area (Å²) in [5.74, 6) is 1.97. The Balaban J connectivity index is 3.19. The van der Waals surface area contributed by atoms with E-state index >= 15 is 0 Å². The van der Waals surface area contributed by atoms with Crippen LogP contribution in [0.25, 0.3) is 0 Å². The molecule has 17 heavy (non-hydrogen) atoms. The van der Waals surface area contributed by atoms with Gasteiger partial charge in [-0.15, -0.1) is 0 Å². The van der Waals surface area contributed by atoms with E-state index in [2.05, 4.69) is 32.5 Å². The molecule has 0 aliphatic heterocycles. The van der Waals surface area contributed by atoms with Crippen molar-refractivity contribution < 1.29 is 9.84 Å². The van der Waals surface area contributed by atoms with Crippen LogP contribution in [0.3, 0.4) is 0 Å². The molecule has 0 saturated heterocycles. The Morgan fingerprint density at radius 3 is 2.41 bits per heavy atom. The van der Waals surface area contributed by atoms with Gasteiger partial charge in [0, 0.05) is 0 Å². The van der Waals surface area contributed by atoms with Gasteiger partial charge in [-0.3, -0.25) is 0 Å². The summed E-state index contributed by atoms with van der Waals surface area (Å²) in [4.78, 5) is 0. The van der Waals surface area contributed by atoms with Crippen LogP contribution in [0.1, 0.15) is 49.0 Å². The lowest BCUT2D eigenvalue weighted by Crippen LogP contribution is -2.04. The molecule has 1 unspecified atom stereocenters. The molecule has 0 aliphatic carbocycles. The quantitative estimate of drug-likeness (QED) is 0.788. The van der Waals surface area contributed by atoms with Crippen molar-refractivity contribution in [2.24, 2.45) is 0 Å². The minimum atomic E-state index is -0.434. The highest BCUT2D eigenvalue weighted by Crippen LogP contribution is 2.32. The third-order valence-corrected chi connectivity index (χ3v) is 3.26. The minimum Gasteiger partial charge on any atom is -0.496 e. The Bertz CT molecular complexity index is 375. The van der Waals surface area contributed by atoms with Crippen molar-refractivity contribution in [3.63, 3.8) is 0 Å². The predicted octanol–water partition coefficient (Wildman–Crippen LogP) is 3.48. The van der Waals surface area contributed by atoms with E-state index in [0.717, 1.165) is 22.4 Å². The van der Waals surface area contributed by atoms with E-state index in [4.69, 9.17) is 4.74 Å². The van der Waals surface area contributed by atoms with Gasteiger partial charge in [-0.05, 0) is 53.8 Å². The Morgan fingerprint density at radius 1 is 1.29 bits per heavy atom. The molecule has 1 aromatic carbocycles. The van der Waals surface area contributed by atoms with E-state index in [1.54, 1.807) is 7.11 Å². The standard InChI is InChI=1S/C14H22O2S/c1-9(2)11-8-12(13(15)5-6-17)10(3)7-14(11)16-4/h7-9,13,15,17H,5-6H2,1-4H3. The van der Waals surface area contributed by atoms with Crippen LogP contribution in [0.15, 0.2) is 12.1 Å². The molecule has 1 atom stereocenters. The highest BCUT2D eigenvalue weighted by atomic mass is 32.1. The van der Waals surface area contributed by atoms with Gasteiger partial charge >= 0.3 is 0 Å². The lowest BCUT2D eigenvalue weighted by molar-refractivity contribution is 0.174. The lowest BCUT2D eigenvalue weighted by atomic mass is 9.93. The summed E-state index contributed by atoms with van der Waals surface area (Å²) < 4.78 is 5.39. The average molecular weight is 254 g/mol. The first kappa shape index (κ1) is 14.4. The summed E-state index contributed by atoms with van der Waals surface area (Å²) in [5, 5.41) is 10.1. The molecule has 96 valence electrons. The second-order valence-electron chi connectivity index (χ2n) is 4.63. The van der Waals surface area contributed by atoms with Crippen molar-refractivity contribution >= 4 is 12.6 Å². The molecule has 0 aromatic heterocycles. The van der Waals surface area contributed by atoms with Crippen LogP contribution in [0.4, 0.5) is 0 Å². The summed E-state index contributed by atoms with van der Waals surface area (Å²) in [6.07, 6.45) is 0.240. The molecule has 0 aliphatic rings. The molecular weight excluding hydrogens is 232 g/mol. The maximum Gasteiger partial charge on any atom is 0.122 e. The summed E-state index contributed by atoms with van der Waals surface area (Å²) in [6, 6.07) is 4.07. The molecule has 2 nitrogen and oxygen atoms in total. The molecule has 1 rings (SSSR count). The van der Waals surface area contributed by atoms with Gasteiger partial charge in [0.05, 0.1) is 13.2 Å². The molecular formula is C14H22O2S. The number of rotatable bonds is 5. The molecule has 1 aromatic rings. The summed E-state index contributed by atoms with van der Waals surface area (Å²) in [7, 11) is 1.68. The van der Waals surface area contributed by atoms with Crippen molar-refractivity contribution in [1.82, 2.24) is 0 Å². The van der Waals surface area contributed by atoms with Gasteiger partial charge in [0.15, 0.2) is 0 Å². The first-order valence-electron chi connectivity index (χ1n) is 5.98. The highest BCUT2D eigenvalue weighted by molar-refractivity contribution is 7.80. The number of hydrogen-bond acceptors (Lipinski definition) is 3. The Hall–Kier alpha value is -0.670. The van der Waals surface area contributed by atoms with Crippen LogP contribution in [0, 0.1) is 6.92 Å². The van der Waals surface area contributed by atoms with Crippen molar-refractivity contribution in [3.8, 4) is 5.75 Å². The molecule has 3 heteroatoms. The summed E-state index contributed by atoms with van der Waals surface area (Å²) in [6.45, 7) is 6.26. The fourth-order valence-electron chi connectivity index (χ4n) is 1.98. The molecule has 0 amide bonds. The fraction of sp³-hybridized carbons (Fsp3) is 0.571. The number of benzene rings is 1. The fourth-order valence-corrected chi connectivity index (χ4v) is 2.23. The van der Waals surface area contributed by atoms with Crippen LogP contribution in [0.5, 0.6) is 5.75 Å². The van der Waals surface area contributed by atoms with E-state index in [1.165, 1.54) is 0 Å². The zero-order chi connectivity index (χ0) is 13.0. The predicted molar refractivity (Wildman–Crippen MR) is 75.2 cm³/mol. The number of aliphatic hydroxyl groups is 1. The third kappa shape index (κ3) is 3.39. The third-order valence-electron chi connectivity index (χ3n) is 3.00. The number of methoxy groups -OCH3 is 1. The first-order valence-corrected chi connectivity index (χ1v) is 6.61. The first-order chi connectivity index (χ1) is 8.01. The SMILES string of the molecule is COc1cc(C)c(C(O)CCS)cc1C(C)C. The zero-order valence-corrected chi connectivity index (χ0v) is 11.9. The largest absolute Gasteiger partial charge is 0.496 e. The van der Waals surface area contributed by atoms with Gasteiger partial charge in [-0.2, -0.15) is 12.6 Å². The van der Waals surface area contributed by atoms with Gasteiger partial charge in [0.2, 0.25) is 0 Å². The topological polar surface area (TPSA) is 29.5 Å². The molecule has 1 N–H and O–H groups in total. The highest BCUT2D eigenvalue weighted by Gasteiger charge is 2.15. The van der Waals surface area contributed by atoms with Gasteiger partial charge in [0.25, 0.3) is 0 Å². The van der Waals surface area contributed by atoms with E-state index in [-0.39, 0.29) is 0 Å². The normalized spacial score (nSPS) is 12.9. The Labute approximate surface area is 109 Å². The van der Waals surface area contributed by atoms with Crippen LogP contribution >= 0.6 is 12.6 Å². The lowest BCUT2D eigenvalue weighted by Gasteiger charge is -2.19. The van der Waals surface area contributed by atoms with Gasteiger partial charge in [-0.1, -0.05) is 13.8 Å². The second-order valence-corrected chi connectivity index (χ2v) is 5.08. The number of aliphatic hydroxyl groups excluding tert-OH is 1. The summed E-state index contributed by atoms with van der Waals surface area (Å²) >= 11 is 4.16. The molecule has 0 bridgehead atoms. The molecule has 0 spiro atoms. The maximum atomic E-state index is 10.1. The molecule has 0 fully saturated rings. The number of hydrogen-bond donors (Lipinski definition) is 2. The van der Waals surface area contributed by atoms with Crippen LogP contribution in [0.2, 0.25) is 0 Å². The molecule has 0 saturated carbocycles. The number of thiol groups is 1. The Kier molecular flexibility index (Phi) is 5.34. The van der Waals surface area contributed by atoms with Crippen LogP contribution in [-0.4, -0.2) is 18.0 Å². The van der Waals surface area contributed by atoms with E-state index in [0.29, 0.717) is 18.1 Å². The van der Waals surface area contributed by atoms with Gasteiger partial charge < -0.3 is 9.84 Å². The number of ether oxygens (including phenoxy) is 1. The number of aryl methyl sites for hydroxylation is 1. The average Bonchev–Trinajstić information content (AvgIpc) is 2.28. The van der Waals surface area contributed by atoms with Crippen molar-refractivity contribution in [2.45, 2.75) is 39.2 Å². The van der Waals surface area contributed by atoms with Crippen molar-refractivity contribution in [3.05, 3.63) is 28.8 Å². The minimum absolute atomic E-state index is 0.382. The summed E-state index contributed by atoms with van der Waals surface area (Å²) in [5.41, 5.74) is 3.20. The Morgan fingerprint density at radius 2 is 1.94 bits per heavy atom. The monoisotopic (exact) mass is 254 g/mol. The van der Waals surface area contributed by atoms with Crippen molar-refractivity contribution in [2.75, 3.05) is 12.9 Å². The van der Waals surface area contributed by atoms with E-state index < -0.39 is 6.10 Å². The van der Waals surface area contributed by atoms with Crippen molar-refractivity contribution in [1.29, 1.82) is 0 Å². The molecule has 0 radical (unpaired) electrons. The van der Waals surface area contributed by atoms with Gasteiger partial charge in [0.1, 0.15) is 5.75 Å². The van der Waals surface area contributed by atoms with Crippen LogP contribution < -0.4 is 4.74 Å². The zero-order valence-electron chi connectivity index (χ0n) is 11.0. The maximum absolute atomic E-state index is 10.1. The molecule has 0 heterocycles. The van der Waals surface area contributed by atoms with Gasteiger partial charge in [-0.25, -0.2) is 0 Å². The van der Waals surface area contributed by atoms with Crippen LogP contribution in [-0.2, 0) is 0 Å². The smallest absolute Gasteiger partial charge is 0.122 e. The van der Waals surface area contributed by atoms with E-state index in [9.17, 15) is 5.11 Å².